The lowest BCUT2D eigenvalue weighted by atomic mass is 10.1. The molecule has 3 aromatic rings. The number of anilines is 4. The molecule has 1 aromatic carbocycles. The monoisotopic (exact) mass is 385 g/mol. The number of nitrogens with one attached hydrogen (secondary N) is 3. The fraction of sp³-hybridized carbons (Fsp3) is 0.222. The lowest BCUT2D eigenvalue weighted by Gasteiger charge is -2.16. The number of rotatable bonds is 7. The molecule has 0 aliphatic heterocycles. The second-order valence-electron chi connectivity index (χ2n) is 5.93. The lowest BCUT2D eigenvalue weighted by Crippen LogP contribution is -2.10. The van der Waals surface area contributed by atoms with Gasteiger partial charge in [-0.25, -0.2) is 9.18 Å². The third-order valence-corrected chi connectivity index (χ3v) is 3.81. The number of nitrogen functional groups attached to an aromatic ring is 1. The third-order valence-electron chi connectivity index (χ3n) is 3.81. The number of carbonyl (C=O) groups excluding carboxylic acids is 1. The van der Waals surface area contributed by atoms with E-state index in [0.717, 1.165) is 5.56 Å². The molecule has 0 bridgehead atoms. The minimum atomic E-state index is -0.499. The number of hydrogen-bond acceptors (Lipinski definition) is 8. The van der Waals surface area contributed by atoms with Gasteiger partial charge >= 0.3 is 5.97 Å². The van der Waals surface area contributed by atoms with Crippen molar-refractivity contribution in [3.63, 3.8) is 0 Å². The van der Waals surface area contributed by atoms with Gasteiger partial charge in [0.2, 0.25) is 5.95 Å². The summed E-state index contributed by atoms with van der Waals surface area (Å²) in [5, 5.41) is 12.7. The Kier molecular flexibility index (Phi) is 5.68. The van der Waals surface area contributed by atoms with Crippen LogP contribution in [0.2, 0.25) is 0 Å². The van der Waals surface area contributed by atoms with E-state index in [1.54, 1.807) is 25.1 Å². The van der Waals surface area contributed by atoms with Crippen molar-refractivity contribution in [3.05, 3.63) is 53.5 Å². The number of nitrogens with two attached hydrogens (primary N) is 1. The highest BCUT2D eigenvalue weighted by atomic mass is 19.1. The Morgan fingerprint density at radius 3 is 2.64 bits per heavy atom. The first-order valence-electron chi connectivity index (χ1n) is 8.60. The van der Waals surface area contributed by atoms with Crippen LogP contribution in [0.5, 0.6) is 0 Å². The van der Waals surface area contributed by atoms with Crippen molar-refractivity contribution in [2.75, 3.05) is 23.0 Å². The molecular formula is C18H20FN7O2. The van der Waals surface area contributed by atoms with Crippen LogP contribution in [0.4, 0.5) is 27.8 Å². The van der Waals surface area contributed by atoms with E-state index in [4.69, 9.17) is 10.5 Å². The minimum absolute atomic E-state index is 0.0555. The van der Waals surface area contributed by atoms with Gasteiger partial charge in [0.1, 0.15) is 23.1 Å². The highest BCUT2D eigenvalue weighted by molar-refractivity contribution is 5.88. The molecule has 9 nitrogen and oxygen atoms in total. The van der Waals surface area contributed by atoms with Gasteiger partial charge in [-0.15, -0.1) is 0 Å². The quantitative estimate of drug-likeness (QED) is 0.457. The van der Waals surface area contributed by atoms with Crippen LogP contribution in [0.15, 0.2) is 36.4 Å². The molecule has 10 heteroatoms. The van der Waals surface area contributed by atoms with Crippen molar-refractivity contribution >= 4 is 29.4 Å². The predicted molar refractivity (Wildman–Crippen MR) is 103 cm³/mol. The number of benzene rings is 1. The van der Waals surface area contributed by atoms with Crippen LogP contribution in [0.25, 0.3) is 0 Å². The summed E-state index contributed by atoms with van der Waals surface area (Å²) in [5.41, 5.74) is 6.89. The molecular weight excluding hydrogens is 365 g/mol. The first kappa shape index (κ1) is 19.1. The highest BCUT2D eigenvalue weighted by Crippen LogP contribution is 2.22. The Morgan fingerprint density at radius 1 is 1.21 bits per heavy atom. The maximum absolute atomic E-state index is 13.1. The molecule has 0 saturated carbocycles. The second-order valence-corrected chi connectivity index (χ2v) is 5.93. The van der Waals surface area contributed by atoms with E-state index in [1.807, 2.05) is 6.92 Å². The van der Waals surface area contributed by atoms with Gasteiger partial charge in [0.15, 0.2) is 5.82 Å². The number of aromatic nitrogens is 4. The number of esters is 1. The molecule has 0 radical (unpaired) electrons. The zero-order valence-electron chi connectivity index (χ0n) is 15.4. The molecule has 146 valence electrons. The number of hydrogen-bond donors (Lipinski definition) is 4. The van der Waals surface area contributed by atoms with Crippen LogP contribution in [0.3, 0.4) is 0 Å². The first-order chi connectivity index (χ1) is 13.4. The van der Waals surface area contributed by atoms with Gasteiger partial charge in [-0.05, 0) is 31.5 Å². The van der Waals surface area contributed by atoms with Gasteiger partial charge < -0.3 is 21.1 Å². The van der Waals surface area contributed by atoms with Crippen molar-refractivity contribution in [1.82, 2.24) is 20.2 Å². The maximum atomic E-state index is 13.1. The van der Waals surface area contributed by atoms with Gasteiger partial charge in [-0.3, -0.25) is 5.10 Å². The molecule has 1 atom stereocenters. The number of H-pyrrole nitrogens is 1. The predicted octanol–water partition coefficient (Wildman–Crippen LogP) is 3.01. The second kappa shape index (κ2) is 8.33. The molecule has 0 amide bonds. The molecule has 2 aromatic heterocycles. The van der Waals surface area contributed by atoms with Crippen molar-refractivity contribution < 1.29 is 13.9 Å². The SMILES string of the molecule is CCOC(=O)c1cc(Nc2cc(NC(C)c3ccc(F)cc3)nc(N)n2)n[nH]1. The third kappa shape index (κ3) is 4.72. The van der Waals surface area contributed by atoms with E-state index < -0.39 is 5.97 Å². The number of halogens is 1. The van der Waals surface area contributed by atoms with Gasteiger partial charge in [-0.1, -0.05) is 12.1 Å². The Balaban J connectivity index is 1.72. The van der Waals surface area contributed by atoms with Crippen molar-refractivity contribution in [2.24, 2.45) is 0 Å². The minimum Gasteiger partial charge on any atom is -0.461 e. The molecule has 0 spiro atoms. The van der Waals surface area contributed by atoms with E-state index in [1.165, 1.54) is 18.2 Å². The summed E-state index contributed by atoms with van der Waals surface area (Å²) in [6.45, 7) is 3.90. The Labute approximate surface area is 160 Å². The molecule has 5 N–H and O–H groups in total. The highest BCUT2D eigenvalue weighted by Gasteiger charge is 2.13. The summed E-state index contributed by atoms with van der Waals surface area (Å²) in [6, 6.07) is 9.19. The molecule has 1 unspecified atom stereocenters. The van der Waals surface area contributed by atoms with Crippen molar-refractivity contribution in [3.8, 4) is 0 Å². The summed E-state index contributed by atoms with van der Waals surface area (Å²) >= 11 is 0. The normalized spacial score (nSPS) is 11.7. The molecule has 3 rings (SSSR count). The zero-order chi connectivity index (χ0) is 20.1. The maximum Gasteiger partial charge on any atom is 0.356 e. The smallest absolute Gasteiger partial charge is 0.356 e. The average molecular weight is 385 g/mol. The summed E-state index contributed by atoms with van der Waals surface area (Å²) in [4.78, 5) is 20.0. The van der Waals surface area contributed by atoms with Crippen LogP contribution in [0.1, 0.15) is 35.9 Å². The van der Waals surface area contributed by atoms with Crippen LogP contribution in [-0.4, -0.2) is 32.7 Å². The molecule has 0 aliphatic carbocycles. The summed E-state index contributed by atoms with van der Waals surface area (Å²) in [5.74, 6) is 0.505. The number of carbonyl (C=O) groups is 1. The summed E-state index contributed by atoms with van der Waals surface area (Å²) < 4.78 is 18.0. The van der Waals surface area contributed by atoms with Crippen LogP contribution in [0, 0.1) is 5.82 Å². The van der Waals surface area contributed by atoms with E-state index in [2.05, 4.69) is 30.8 Å². The van der Waals surface area contributed by atoms with Crippen molar-refractivity contribution in [1.29, 1.82) is 0 Å². The van der Waals surface area contributed by atoms with E-state index in [0.29, 0.717) is 17.5 Å². The number of aromatic amines is 1. The molecule has 28 heavy (non-hydrogen) atoms. The first-order valence-corrected chi connectivity index (χ1v) is 8.60. The Hall–Kier alpha value is -3.69. The number of ether oxygens (including phenoxy) is 1. The van der Waals surface area contributed by atoms with E-state index in [-0.39, 0.29) is 30.1 Å². The van der Waals surface area contributed by atoms with E-state index >= 15 is 0 Å². The van der Waals surface area contributed by atoms with Gasteiger partial charge in [0, 0.05) is 18.2 Å². The zero-order valence-corrected chi connectivity index (χ0v) is 15.4. The van der Waals surface area contributed by atoms with Crippen LogP contribution < -0.4 is 16.4 Å². The Bertz CT molecular complexity index is 959. The molecule has 0 fully saturated rings. The fourth-order valence-electron chi connectivity index (χ4n) is 2.49. The fourth-order valence-corrected chi connectivity index (χ4v) is 2.49. The van der Waals surface area contributed by atoms with Gasteiger partial charge in [0.05, 0.1) is 6.61 Å². The lowest BCUT2D eigenvalue weighted by molar-refractivity contribution is 0.0519. The van der Waals surface area contributed by atoms with Crippen LogP contribution in [-0.2, 0) is 4.74 Å². The molecule has 2 heterocycles. The molecule has 0 aliphatic rings. The molecule has 0 saturated heterocycles. The van der Waals surface area contributed by atoms with E-state index in [9.17, 15) is 9.18 Å². The average Bonchev–Trinajstić information content (AvgIpc) is 3.10. The largest absolute Gasteiger partial charge is 0.461 e. The van der Waals surface area contributed by atoms with Gasteiger partial charge in [0.25, 0.3) is 0 Å². The summed E-state index contributed by atoms with van der Waals surface area (Å²) in [6.07, 6.45) is 0. The van der Waals surface area contributed by atoms with Crippen LogP contribution >= 0.6 is 0 Å². The standard InChI is InChI=1S/C18H20FN7O2/c1-3-28-17(27)13-8-16(26-25-13)22-15-9-14(23-18(20)24-15)21-10(2)11-4-6-12(19)7-5-11/h4-10H,3H2,1-2H3,(H5,20,21,22,23,24,25,26). The van der Waals surface area contributed by atoms with Gasteiger partial charge in [-0.2, -0.15) is 15.1 Å². The van der Waals surface area contributed by atoms with Crippen molar-refractivity contribution in [2.45, 2.75) is 19.9 Å². The topological polar surface area (TPSA) is 131 Å². The summed E-state index contributed by atoms with van der Waals surface area (Å²) in [7, 11) is 0. The Morgan fingerprint density at radius 2 is 1.93 bits per heavy atom. The number of nitrogens with zero attached hydrogens (tertiary/aromatic N) is 3.